The molecule has 100 valence electrons. The number of ether oxygens (including phenoxy) is 1. The Morgan fingerprint density at radius 3 is 2.28 bits per heavy atom. The van der Waals surface area contributed by atoms with Crippen molar-refractivity contribution < 1.29 is 13.5 Å². The number of alkyl halides is 2. The zero-order valence-electron chi connectivity index (χ0n) is 10.7. The Bertz CT molecular complexity index is 351. The van der Waals surface area contributed by atoms with Crippen molar-refractivity contribution in [2.45, 2.75) is 51.2 Å². The lowest BCUT2D eigenvalue weighted by Gasteiger charge is -2.31. The molecule has 0 aliphatic heterocycles. The van der Waals surface area contributed by atoms with Crippen LogP contribution in [0.4, 0.5) is 8.78 Å². The Hall–Kier alpha value is -0.960. The molecule has 0 N–H and O–H groups in total. The van der Waals surface area contributed by atoms with E-state index in [0.29, 0.717) is 19.4 Å². The molecule has 0 aromatic heterocycles. The molecule has 0 bridgehead atoms. The van der Waals surface area contributed by atoms with E-state index < -0.39 is 11.8 Å². The van der Waals surface area contributed by atoms with Crippen LogP contribution in [-0.2, 0) is 11.3 Å². The lowest BCUT2D eigenvalue weighted by atomic mass is 9.84. The summed E-state index contributed by atoms with van der Waals surface area (Å²) < 4.78 is 32.1. The standard InChI is InChI=1S/C15H20F2O/c1-15(16,17)13-7-9-14(10-8-13)18-11-12-5-3-2-4-6-12/h2-6,13-14H,7-11H2,1H3/t13-,14-. The van der Waals surface area contributed by atoms with E-state index in [0.717, 1.165) is 25.3 Å². The maximum Gasteiger partial charge on any atom is 0.248 e. The summed E-state index contributed by atoms with van der Waals surface area (Å²) in [6.07, 6.45) is 2.79. The highest BCUT2D eigenvalue weighted by Gasteiger charge is 2.36. The molecule has 0 amide bonds. The molecule has 0 heterocycles. The van der Waals surface area contributed by atoms with Gasteiger partial charge in [0.1, 0.15) is 0 Å². The predicted octanol–water partition coefficient (Wildman–Crippen LogP) is 4.42. The van der Waals surface area contributed by atoms with Crippen LogP contribution in [0.1, 0.15) is 38.2 Å². The van der Waals surface area contributed by atoms with Gasteiger partial charge in [0.05, 0.1) is 12.7 Å². The highest BCUT2D eigenvalue weighted by atomic mass is 19.3. The third-order valence-electron chi connectivity index (χ3n) is 3.72. The van der Waals surface area contributed by atoms with Gasteiger partial charge >= 0.3 is 0 Å². The van der Waals surface area contributed by atoms with Crippen molar-refractivity contribution in [3.05, 3.63) is 35.9 Å². The van der Waals surface area contributed by atoms with E-state index in [4.69, 9.17) is 4.74 Å². The van der Waals surface area contributed by atoms with Crippen LogP contribution in [0.2, 0.25) is 0 Å². The van der Waals surface area contributed by atoms with Crippen molar-refractivity contribution >= 4 is 0 Å². The van der Waals surface area contributed by atoms with Gasteiger partial charge in [-0.2, -0.15) is 0 Å². The summed E-state index contributed by atoms with van der Waals surface area (Å²) in [7, 11) is 0. The minimum Gasteiger partial charge on any atom is -0.374 e. The van der Waals surface area contributed by atoms with Crippen molar-refractivity contribution in [3.63, 3.8) is 0 Å². The minimum atomic E-state index is -2.54. The molecule has 0 spiro atoms. The van der Waals surface area contributed by atoms with Crippen LogP contribution < -0.4 is 0 Å². The van der Waals surface area contributed by atoms with Crippen LogP contribution in [0.15, 0.2) is 30.3 Å². The summed E-state index contributed by atoms with van der Waals surface area (Å²) >= 11 is 0. The van der Waals surface area contributed by atoms with E-state index in [-0.39, 0.29) is 6.10 Å². The Kier molecular flexibility index (Phi) is 4.33. The molecular formula is C15H20F2O. The maximum atomic E-state index is 13.1. The van der Waals surface area contributed by atoms with E-state index in [1.165, 1.54) is 0 Å². The highest BCUT2D eigenvalue weighted by molar-refractivity contribution is 5.13. The van der Waals surface area contributed by atoms with Crippen molar-refractivity contribution in [2.24, 2.45) is 5.92 Å². The number of rotatable bonds is 4. The lowest BCUT2D eigenvalue weighted by Crippen LogP contribution is -2.31. The number of benzene rings is 1. The molecule has 0 unspecified atom stereocenters. The summed E-state index contributed by atoms with van der Waals surface area (Å²) in [6.45, 7) is 1.61. The molecule has 0 atom stereocenters. The minimum absolute atomic E-state index is 0.142. The molecular weight excluding hydrogens is 234 g/mol. The second-order valence-electron chi connectivity index (χ2n) is 5.23. The third kappa shape index (κ3) is 3.77. The van der Waals surface area contributed by atoms with Gasteiger partial charge in [-0.05, 0) is 38.2 Å². The number of hydrogen-bond acceptors (Lipinski definition) is 1. The molecule has 1 aromatic rings. The first-order valence-electron chi connectivity index (χ1n) is 6.59. The van der Waals surface area contributed by atoms with Gasteiger partial charge in [0.15, 0.2) is 0 Å². The third-order valence-corrected chi connectivity index (χ3v) is 3.72. The van der Waals surface area contributed by atoms with Crippen LogP contribution >= 0.6 is 0 Å². The first-order valence-corrected chi connectivity index (χ1v) is 6.59. The molecule has 1 saturated carbocycles. The van der Waals surface area contributed by atoms with Gasteiger partial charge in [0, 0.05) is 5.92 Å². The van der Waals surface area contributed by atoms with E-state index in [1.807, 2.05) is 30.3 Å². The zero-order valence-corrected chi connectivity index (χ0v) is 10.7. The van der Waals surface area contributed by atoms with Crippen LogP contribution in [0.25, 0.3) is 0 Å². The molecule has 1 fully saturated rings. The van der Waals surface area contributed by atoms with Crippen molar-refractivity contribution in [1.29, 1.82) is 0 Å². The van der Waals surface area contributed by atoms with Gasteiger partial charge in [-0.15, -0.1) is 0 Å². The van der Waals surface area contributed by atoms with E-state index in [1.54, 1.807) is 0 Å². The largest absolute Gasteiger partial charge is 0.374 e. The Balaban J connectivity index is 1.74. The summed E-state index contributed by atoms with van der Waals surface area (Å²) in [5.41, 5.74) is 1.14. The molecule has 2 rings (SSSR count). The SMILES string of the molecule is CC(F)(F)[C@H]1CC[C@H](OCc2ccccc2)CC1. The summed E-state index contributed by atoms with van der Waals surface area (Å²) in [6, 6.07) is 9.97. The lowest BCUT2D eigenvalue weighted by molar-refractivity contribution is -0.0773. The molecule has 1 aliphatic rings. The fourth-order valence-corrected chi connectivity index (χ4v) is 2.52. The Labute approximate surface area is 107 Å². The number of hydrogen-bond donors (Lipinski definition) is 0. The normalized spacial score (nSPS) is 25.1. The van der Waals surface area contributed by atoms with Gasteiger partial charge < -0.3 is 4.74 Å². The highest BCUT2D eigenvalue weighted by Crippen LogP contribution is 2.37. The van der Waals surface area contributed by atoms with Crippen LogP contribution in [0.3, 0.4) is 0 Å². The summed E-state index contributed by atoms with van der Waals surface area (Å²) in [4.78, 5) is 0. The van der Waals surface area contributed by atoms with Gasteiger partial charge in [-0.1, -0.05) is 30.3 Å². The van der Waals surface area contributed by atoms with Gasteiger partial charge in [-0.25, -0.2) is 8.78 Å². The maximum absolute atomic E-state index is 13.1. The van der Waals surface area contributed by atoms with E-state index in [9.17, 15) is 8.78 Å². The average Bonchev–Trinajstić information content (AvgIpc) is 2.37. The first-order chi connectivity index (χ1) is 8.55. The van der Waals surface area contributed by atoms with Crippen molar-refractivity contribution in [1.82, 2.24) is 0 Å². The fourth-order valence-electron chi connectivity index (χ4n) is 2.52. The molecule has 0 saturated heterocycles. The van der Waals surface area contributed by atoms with Crippen LogP contribution in [0, 0.1) is 5.92 Å². The monoisotopic (exact) mass is 254 g/mol. The Morgan fingerprint density at radius 1 is 1.11 bits per heavy atom. The molecule has 1 aliphatic carbocycles. The quantitative estimate of drug-likeness (QED) is 0.773. The Morgan fingerprint density at radius 2 is 1.72 bits per heavy atom. The molecule has 3 heteroatoms. The second-order valence-corrected chi connectivity index (χ2v) is 5.23. The zero-order chi connectivity index (χ0) is 13.0. The van der Waals surface area contributed by atoms with Crippen molar-refractivity contribution in [2.75, 3.05) is 0 Å². The predicted molar refractivity (Wildman–Crippen MR) is 67.6 cm³/mol. The molecule has 0 radical (unpaired) electrons. The topological polar surface area (TPSA) is 9.23 Å². The van der Waals surface area contributed by atoms with Crippen LogP contribution in [0.5, 0.6) is 0 Å². The fraction of sp³-hybridized carbons (Fsp3) is 0.600. The van der Waals surface area contributed by atoms with Crippen molar-refractivity contribution in [3.8, 4) is 0 Å². The van der Waals surface area contributed by atoms with E-state index >= 15 is 0 Å². The van der Waals surface area contributed by atoms with Crippen LogP contribution in [-0.4, -0.2) is 12.0 Å². The molecule has 1 aromatic carbocycles. The first kappa shape index (κ1) is 13.5. The molecule has 1 nitrogen and oxygen atoms in total. The summed E-state index contributed by atoms with van der Waals surface area (Å²) in [5, 5.41) is 0. The number of halogens is 2. The smallest absolute Gasteiger partial charge is 0.248 e. The molecule has 18 heavy (non-hydrogen) atoms. The van der Waals surface area contributed by atoms with Gasteiger partial charge in [0.25, 0.3) is 0 Å². The van der Waals surface area contributed by atoms with Gasteiger partial charge in [0.2, 0.25) is 5.92 Å². The van der Waals surface area contributed by atoms with Gasteiger partial charge in [-0.3, -0.25) is 0 Å². The average molecular weight is 254 g/mol. The van der Waals surface area contributed by atoms with E-state index in [2.05, 4.69) is 0 Å². The summed E-state index contributed by atoms with van der Waals surface area (Å²) in [5.74, 6) is -3.00. The second kappa shape index (κ2) is 5.79.